The molecule has 0 radical (unpaired) electrons. The lowest BCUT2D eigenvalue weighted by Gasteiger charge is -2.35. The van der Waals surface area contributed by atoms with E-state index in [4.69, 9.17) is 4.74 Å². The second kappa shape index (κ2) is 20.2. The Labute approximate surface area is 299 Å². The highest BCUT2D eigenvalue weighted by molar-refractivity contribution is 6.38. The zero-order valence-corrected chi connectivity index (χ0v) is 29.9. The zero-order valence-electron chi connectivity index (χ0n) is 29.9. The van der Waals surface area contributed by atoms with Gasteiger partial charge < -0.3 is 36.0 Å². The minimum Gasteiger partial charge on any atom is -0.479 e. The lowest BCUT2D eigenvalue weighted by atomic mass is 9.83. The van der Waals surface area contributed by atoms with Crippen molar-refractivity contribution in [3.05, 3.63) is 48.6 Å². The van der Waals surface area contributed by atoms with E-state index in [0.29, 0.717) is 24.8 Å². The van der Waals surface area contributed by atoms with Crippen LogP contribution in [-0.2, 0) is 33.5 Å². The first-order valence-electron chi connectivity index (χ1n) is 17.9. The van der Waals surface area contributed by atoms with Gasteiger partial charge in [0.15, 0.2) is 6.04 Å². The van der Waals surface area contributed by atoms with Crippen LogP contribution in [0.25, 0.3) is 0 Å². The molecule has 0 bridgehead atoms. The van der Waals surface area contributed by atoms with Gasteiger partial charge in [-0.05, 0) is 55.4 Å². The van der Waals surface area contributed by atoms with E-state index in [0.717, 1.165) is 32.1 Å². The van der Waals surface area contributed by atoms with E-state index >= 15 is 0 Å². The van der Waals surface area contributed by atoms with E-state index in [1.807, 2.05) is 13.8 Å². The molecule has 0 aromatic heterocycles. The summed E-state index contributed by atoms with van der Waals surface area (Å²) in [5.41, 5.74) is 0.326. The van der Waals surface area contributed by atoms with Gasteiger partial charge in [-0.3, -0.25) is 24.0 Å². The van der Waals surface area contributed by atoms with E-state index in [1.165, 1.54) is 17.0 Å². The third-order valence-electron chi connectivity index (χ3n) is 9.28. The molecule has 1 aromatic carbocycles. The molecule has 0 spiro atoms. The third kappa shape index (κ3) is 11.9. The van der Waals surface area contributed by atoms with Gasteiger partial charge in [-0.1, -0.05) is 82.9 Å². The number of rotatable bonds is 18. The summed E-state index contributed by atoms with van der Waals surface area (Å²) in [6.07, 6.45) is 6.77. The molecule has 1 aromatic rings. The number of alkyl carbamates (subject to hydrolysis) is 1. The first-order chi connectivity index (χ1) is 24.4. The van der Waals surface area contributed by atoms with Crippen LogP contribution >= 0.6 is 0 Å². The van der Waals surface area contributed by atoms with E-state index in [2.05, 4.69) is 27.8 Å². The molecule has 51 heavy (non-hydrogen) atoms. The van der Waals surface area contributed by atoms with Crippen LogP contribution in [-0.4, -0.2) is 89.3 Å². The molecule has 14 heteroatoms. The van der Waals surface area contributed by atoms with Crippen LogP contribution in [0.2, 0.25) is 0 Å². The number of hydrogen-bond donors (Lipinski definition) is 5. The lowest BCUT2D eigenvalue weighted by Crippen LogP contribution is -2.59. The second-order valence-corrected chi connectivity index (χ2v) is 13.7. The van der Waals surface area contributed by atoms with E-state index in [9.17, 15) is 38.7 Å². The van der Waals surface area contributed by atoms with Crippen molar-refractivity contribution >= 4 is 41.5 Å². The van der Waals surface area contributed by atoms with Gasteiger partial charge in [-0.2, -0.15) is 0 Å². The Hall–Kier alpha value is -4.75. The van der Waals surface area contributed by atoms with Crippen molar-refractivity contribution in [2.75, 3.05) is 19.7 Å². The van der Waals surface area contributed by atoms with Crippen LogP contribution in [0.15, 0.2) is 43.0 Å². The van der Waals surface area contributed by atoms with Crippen molar-refractivity contribution < 1.29 is 43.4 Å². The van der Waals surface area contributed by atoms with Gasteiger partial charge in [-0.15, -0.1) is 6.58 Å². The molecule has 2 fully saturated rings. The number of Topliss-reactive ketones (excluding diaryl/α,β-unsaturated/α-hetero) is 1. The largest absolute Gasteiger partial charge is 0.479 e. The summed E-state index contributed by atoms with van der Waals surface area (Å²) in [4.78, 5) is 93.0. The zero-order chi connectivity index (χ0) is 37.5. The predicted molar refractivity (Wildman–Crippen MR) is 188 cm³/mol. The topological polar surface area (TPSA) is 200 Å². The summed E-state index contributed by atoms with van der Waals surface area (Å²) in [5.74, 6) is -5.58. The average Bonchev–Trinajstić information content (AvgIpc) is 3.54. The van der Waals surface area contributed by atoms with Crippen LogP contribution in [0, 0.1) is 17.8 Å². The number of allylic oxidation sites excluding steroid dienone is 1. The molecule has 5 N–H and O–H groups in total. The van der Waals surface area contributed by atoms with Gasteiger partial charge in [-0.25, -0.2) is 9.59 Å². The normalized spacial score (nSPS) is 19.3. The molecule has 3 rings (SSSR count). The molecule has 1 aliphatic heterocycles. The SMILES string of the molecule is C=CC[C@H]1CCN(C(=O)[C@@H](NC(=O)OCC(C)C)C2CCCCC2)[C@@H]1C(=O)NC(CCC)C(=O)C(=O)NCC(=O)N[C@H](C(=O)O)c1ccccc1. The smallest absolute Gasteiger partial charge is 0.407 e. The maximum Gasteiger partial charge on any atom is 0.407 e. The van der Waals surface area contributed by atoms with Gasteiger partial charge in [0.1, 0.15) is 12.1 Å². The number of nitrogens with zero attached hydrogens (tertiary/aromatic N) is 1. The van der Waals surface area contributed by atoms with Crippen LogP contribution < -0.4 is 21.3 Å². The highest BCUT2D eigenvalue weighted by Gasteiger charge is 2.46. The molecule has 280 valence electrons. The number of likely N-dealkylation sites (tertiary alicyclic amines) is 1. The quantitative estimate of drug-likeness (QED) is 0.112. The molecule has 2 aliphatic rings. The van der Waals surface area contributed by atoms with Crippen LogP contribution in [0.3, 0.4) is 0 Å². The summed E-state index contributed by atoms with van der Waals surface area (Å²) in [6.45, 7) is 9.17. The van der Waals surface area contributed by atoms with Gasteiger partial charge in [0, 0.05) is 6.54 Å². The Kier molecular flexibility index (Phi) is 16.1. The standard InChI is InChI=1S/C37H53N5O9/c1-5-13-26-19-20-42(35(47)29(24-15-9-7-10-16-24)41-37(50)51-22-23(3)4)31(26)33(45)39-27(14-6-2)32(44)34(46)38-21-28(43)40-30(36(48)49)25-17-11-8-12-18-25/h5,8,11-12,17-18,23-24,26-27,29-31H,1,6-7,9-10,13-16,19-22H2,2-4H3,(H,38,46)(H,39,45)(H,40,43)(H,41,50)(H,48,49)/t26-,27?,29-,30-,31-/m0/s1. The van der Waals surface area contributed by atoms with Crippen molar-refractivity contribution in [3.63, 3.8) is 0 Å². The molecule has 5 amide bonds. The van der Waals surface area contributed by atoms with E-state index in [-0.39, 0.29) is 37.3 Å². The summed E-state index contributed by atoms with van der Waals surface area (Å²) < 4.78 is 5.34. The number of nitrogens with one attached hydrogen (secondary N) is 4. The van der Waals surface area contributed by atoms with Gasteiger partial charge >= 0.3 is 12.1 Å². The molecule has 1 aliphatic carbocycles. The monoisotopic (exact) mass is 711 g/mol. The summed E-state index contributed by atoms with van der Waals surface area (Å²) in [5, 5.41) is 19.6. The molecule has 1 heterocycles. The number of carbonyl (C=O) groups is 7. The van der Waals surface area contributed by atoms with Crippen molar-refractivity contribution in [2.24, 2.45) is 17.8 Å². The molecule has 1 saturated heterocycles. The molecule has 5 atom stereocenters. The number of aliphatic carboxylic acids is 1. The molecule has 1 saturated carbocycles. The fraction of sp³-hybridized carbons (Fsp3) is 0.595. The molecule has 14 nitrogen and oxygen atoms in total. The number of hydrogen-bond acceptors (Lipinski definition) is 8. The van der Waals surface area contributed by atoms with Crippen molar-refractivity contribution in [1.29, 1.82) is 0 Å². The van der Waals surface area contributed by atoms with Crippen LogP contribution in [0.1, 0.15) is 90.2 Å². The highest BCUT2D eigenvalue weighted by atomic mass is 16.5. The number of carboxylic acid groups (broad SMARTS) is 1. The van der Waals surface area contributed by atoms with Crippen LogP contribution in [0.4, 0.5) is 4.79 Å². The Morgan fingerprint density at radius 2 is 1.67 bits per heavy atom. The minimum absolute atomic E-state index is 0.104. The Morgan fingerprint density at radius 3 is 2.27 bits per heavy atom. The number of amides is 5. The number of carbonyl (C=O) groups excluding carboxylic acids is 6. The molecule has 1 unspecified atom stereocenters. The first-order valence-corrected chi connectivity index (χ1v) is 17.9. The maximum atomic E-state index is 14.2. The highest BCUT2D eigenvalue weighted by Crippen LogP contribution is 2.32. The van der Waals surface area contributed by atoms with E-state index < -0.39 is 72.2 Å². The summed E-state index contributed by atoms with van der Waals surface area (Å²) >= 11 is 0. The van der Waals surface area contributed by atoms with Crippen molar-refractivity contribution in [3.8, 4) is 0 Å². The number of ether oxygens (including phenoxy) is 1. The van der Waals surface area contributed by atoms with Crippen LogP contribution in [0.5, 0.6) is 0 Å². The fourth-order valence-corrected chi connectivity index (χ4v) is 6.72. The lowest BCUT2D eigenvalue weighted by molar-refractivity contribution is -0.144. The third-order valence-corrected chi connectivity index (χ3v) is 9.28. The minimum atomic E-state index is -1.36. The maximum absolute atomic E-state index is 14.2. The Balaban J connectivity index is 1.73. The number of carboxylic acids is 1. The first kappa shape index (κ1) is 40.7. The molecular weight excluding hydrogens is 658 g/mol. The van der Waals surface area contributed by atoms with E-state index in [1.54, 1.807) is 31.2 Å². The number of ketones is 1. The fourth-order valence-electron chi connectivity index (χ4n) is 6.72. The average molecular weight is 712 g/mol. The number of benzene rings is 1. The Morgan fingerprint density at radius 1 is 0.980 bits per heavy atom. The predicted octanol–water partition coefficient (Wildman–Crippen LogP) is 3.02. The molecular formula is C37H53N5O9. The van der Waals surface area contributed by atoms with Gasteiger partial charge in [0.2, 0.25) is 23.5 Å². The van der Waals surface area contributed by atoms with Crippen molar-refractivity contribution in [2.45, 2.75) is 103 Å². The summed E-state index contributed by atoms with van der Waals surface area (Å²) in [6, 6.07) is 3.52. The van der Waals surface area contributed by atoms with Gasteiger partial charge in [0.25, 0.3) is 5.91 Å². The van der Waals surface area contributed by atoms with Crippen molar-refractivity contribution in [1.82, 2.24) is 26.2 Å². The summed E-state index contributed by atoms with van der Waals surface area (Å²) in [7, 11) is 0. The Bertz CT molecular complexity index is 1400. The van der Waals surface area contributed by atoms with Gasteiger partial charge in [0.05, 0.1) is 19.2 Å². The second-order valence-electron chi connectivity index (χ2n) is 13.7.